The molecule has 4 aromatic carbocycles. The molecular weight excluding hydrogens is 386 g/mol. The lowest BCUT2D eigenvalue weighted by Gasteiger charge is -2.20. The Kier molecular flexibility index (Phi) is 5.72. The zero-order chi connectivity index (χ0) is 21.6. The summed E-state index contributed by atoms with van der Waals surface area (Å²) in [4.78, 5) is 4.67. The van der Waals surface area contributed by atoms with E-state index in [0.29, 0.717) is 0 Å². The van der Waals surface area contributed by atoms with E-state index in [4.69, 9.17) is 0 Å². The summed E-state index contributed by atoms with van der Waals surface area (Å²) in [6.07, 6.45) is 1.85. The van der Waals surface area contributed by atoms with Crippen molar-refractivity contribution in [3.05, 3.63) is 162 Å². The Labute approximate surface area is 189 Å². The second-order valence-electron chi connectivity index (χ2n) is 7.61. The predicted octanol–water partition coefficient (Wildman–Crippen LogP) is 7.76. The van der Waals surface area contributed by atoms with Gasteiger partial charge in [0.25, 0.3) is 0 Å². The molecule has 1 nitrogen and oxygen atoms in total. The molecule has 0 atom stereocenters. The maximum absolute atomic E-state index is 4.67. The highest BCUT2D eigenvalue weighted by Gasteiger charge is 2.19. The molecule has 0 fully saturated rings. The molecule has 0 aliphatic heterocycles. The van der Waals surface area contributed by atoms with Gasteiger partial charge in [-0.3, -0.25) is 4.98 Å². The van der Waals surface area contributed by atoms with Gasteiger partial charge in [-0.25, -0.2) is 0 Å². The summed E-state index contributed by atoms with van der Waals surface area (Å²) in [5, 5.41) is 0. The third kappa shape index (κ3) is 4.01. The first-order valence-electron chi connectivity index (χ1n) is 10.8. The monoisotopic (exact) mass is 409 g/mol. The van der Waals surface area contributed by atoms with Crippen molar-refractivity contribution in [2.24, 2.45) is 0 Å². The van der Waals surface area contributed by atoms with E-state index in [1.54, 1.807) is 0 Å². The summed E-state index contributed by atoms with van der Waals surface area (Å²) in [6.45, 7) is 0. The van der Waals surface area contributed by atoms with Gasteiger partial charge in [0.05, 0.1) is 5.69 Å². The average molecular weight is 410 g/mol. The minimum Gasteiger partial charge on any atom is -0.256 e. The van der Waals surface area contributed by atoms with E-state index in [1.807, 2.05) is 18.3 Å². The highest BCUT2D eigenvalue weighted by Crippen LogP contribution is 2.40. The topological polar surface area (TPSA) is 12.9 Å². The zero-order valence-corrected chi connectivity index (χ0v) is 17.7. The minimum atomic E-state index is 0.969. The van der Waals surface area contributed by atoms with Crippen molar-refractivity contribution in [1.29, 1.82) is 0 Å². The first-order chi connectivity index (χ1) is 15.9. The fraction of sp³-hybridized carbons (Fsp3) is 0. The van der Waals surface area contributed by atoms with E-state index in [9.17, 15) is 0 Å². The molecule has 0 saturated heterocycles. The third-order valence-electron chi connectivity index (χ3n) is 5.57. The molecule has 0 spiro atoms. The van der Waals surface area contributed by atoms with Crippen molar-refractivity contribution in [3.63, 3.8) is 0 Å². The first kappa shape index (κ1) is 19.7. The van der Waals surface area contributed by atoms with Gasteiger partial charge in [-0.2, -0.15) is 0 Å². The van der Waals surface area contributed by atoms with Crippen molar-refractivity contribution >= 4 is 11.1 Å². The largest absolute Gasteiger partial charge is 0.256 e. The quantitative estimate of drug-likeness (QED) is 0.270. The molecule has 0 saturated carbocycles. The average Bonchev–Trinajstić information content (AvgIpc) is 2.89. The van der Waals surface area contributed by atoms with Gasteiger partial charge >= 0.3 is 0 Å². The Hall–Kier alpha value is -4.23. The summed E-state index contributed by atoms with van der Waals surface area (Å²) < 4.78 is 0. The number of hydrogen-bond acceptors (Lipinski definition) is 1. The summed E-state index contributed by atoms with van der Waals surface area (Å²) in [5.74, 6) is 0. The lowest BCUT2D eigenvalue weighted by Crippen LogP contribution is -1.99. The zero-order valence-electron chi connectivity index (χ0n) is 17.7. The number of pyridine rings is 1. The molecule has 0 unspecified atom stereocenters. The normalized spacial score (nSPS) is 10.5. The summed E-state index contributed by atoms with van der Waals surface area (Å²) >= 11 is 0. The first-order valence-corrected chi connectivity index (χ1v) is 10.8. The van der Waals surface area contributed by atoms with E-state index in [-0.39, 0.29) is 0 Å². The van der Waals surface area contributed by atoms with Crippen molar-refractivity contribution < 1.29 is 0 Å². The Morgan fingerprint density at radius 2 is 0.875 bits per heavy atom. The molecule has 1 heteroatoms. The van der Waals surface area contributed by atoms with E-state index >= 15 is 0 Å². The van der Waals surface area contributed by atoms with Crippen LogP contribution < -0.4 is 0 Å². The van der Waals surface area contributed by atoms with Crippen molar-refractivity contribution in [2.45, 2.75) is 0 Å². The molecule has 32 heavy (non-hydrogen) atoms. The van der Waals surface area contributed by atoms with E-state index in [0.717, 1.165) is 11.3 Å². The van der Waals surface area contributed by atoms with Crippen LogP contribution in [0.3, 0.4) is 0 Å². The van der Waals surface area contributed by atoms with Crippen molar-refractivity contribution in [3.8, 4) is 11.3 Å². The number of hydrogen-bond donors (Lipinski definition) is 0. The molecule has 0 N–H and O–H groups in total. The standard InChI is InChI=1S/C31H23N/c1-4-14-24(15-5-1)30(25-16-6-2-7-17-25)31(26-18-8-3-9-19-26)28-21-11-10-20-27(28)29-22-12-13-23-32-29/h1-23H. The number of benzene rings is 4. The second-order valence-corrected chi connectivity index (χ2v) is 7.61. The Morgan fingerprint density at radius 1 is 0.406 bits per heavy atom. The van der Waals surface area contributed by atoms with Gasteiger partial charge in [0, 0.05) is 11.8 Å². The van der Waals surface area contributed by atoms with Crippen LogP contribution in [0.15, 0.2) is 140 Å². The van der Waals surface area contributed by atoms with Crippen LogP contribution in [0.25, 0.3) is 22.4 Å². The van der Waals surface area contributed by atoms with Crippen LogP contribution in [0.2, 0.25) is 0 Å². The Bertz CT molecular complexity index is 1280. The van der Waals surface area contributed by atoms with Crippen molar-refractivity contribution in [2.75, 3.05) is 0 Å². The van der Waals surface area contributed by atoms with Gasteiger partial charge in [-0.05, 0) is 45.5 Å². The molecular formula is C31H23N. The maximum Gasteiger partial charge on any atom is 0.0708 e. The van der Waals surface area contributed by atoms with Gasteiger partial charge in [0.15, 0.2) is 0 Å². The smallest absolute Gasteiger partial charge is 0.0708 e. The van der Waals surface area contributed by atoms with Crippen LogP contribution in [0.1, 0.15) is 22.3 Å². The second kappa shape index (κ2) is 9.28. The molecule has 0 amide bonds. The third-order valence-corrected chi connectivity index (χ3v) is 5.57. The molecule has 0 radical (unpaired) electrons. The van der Waals surface area contributed by atoms with Crippen LogP contribution >= 0.6 is 0 Å². The molecule has 152 valence electrons. The highest BCUT2D eigenvalue weighted by molar-refractivity contribution is 6.06. The predicted molar refractivity (Wildman–Crippen MR) is 134 cm³/mol. The van der Waals surface area contributed by atoms with Crippen LogP contribution in [-0.2, 0) is 0 Å². The van der Waals surface area contributed by atoms with Crippen LogP contribution in [0.5, 0.6) is 0 Å². The van der Waals surface area contributed by atoms with Crippen LogP contribution in [0.4, 0.5) is 0 Å². The lowest BCUT2D eigenvalue weighted by atomic mass is 9.83. The van der Waals surface area contributed by atoms with Gasteiger partial charge in [-0.1, -0.05) is 121 Å². The molecule has 5 aromatic rings. The van der Waals surface area contributed by atoms with Gasteiger partial charge in [0.1, 0.15) is 0 Å². The maximum atomic E-state index is 4.67. The molecule has 1 heterocycles. The number of rotatable bonds is 5. The van der Waals surface area contributed by atoms with Gasteiger partial charge in [-0.15, -0.1) is 0 Å². The fourth-order valence-corrected chi connectivity index (χ4v) is 4.15. The van der Waals surface area contributed by atoms with Crippen LogP contribution in [0, 0.1) is 0 Å². The SMILES string of the molecule is c1ccc(C(=C(c2ccccc2)c2ccccc2-c2ccccn2)c2ccccc2)cc1. The molecule has 0 aliphatic rings. The summed E-state index contributed by atoms with van der Waals surface area (Å²) in [5.41, 5.74) is 9.22. The molecule has 0 bridgehead atoms. The number of nitrogens with zero attached hydrogens (tertiary/aromatic N) is 1. The summed E-state index contributed by atoms with van der Waals surface area (Å²) in [6, 6.07) is 46.6. The van der Waals surface area contributed by atoms with E-state index in [2.05, 4.69) is 126 Å². The van der Waals surface area contributed by atoms with Crippen molar-refractivity contribution in [1.82, 2.24) is 4.98 Å². The Morgan fingerprint density at radius 3 is 1.41 bits per heavy atom. The van der Waals surface area contributed by atoms with Gasteiger partial charge in [0.2, 0.25) is 0 Å². The van der Waals surface area contributed by atoms with E-state index < -0.39 is 0 Å². The van der Waals surface area contributed by atoms with Crippen LogP contribution in [-0.4, -0.2) is 4.98 Å². The van der Waals surface area contributed by atoms with E-state index in [1.165, 1.54) is 33.4 Å². The number of aromatic nitrogens is 1. The molecule has 5 rings (SSSR count). The highest BCUT2D eigenvalue weighted by atomic mass is 14.7. The minimum absolute atomic E-state index is 0.969. The molecule has 0 aliphatic carbocycles. The fourth-order valence-electron chi connectivity index (χ4n) is 4.15. The molecule has 1 aromatic heterocycles. The Balaban J connectivity index is 1.90. The lowest BCUT2D eigenvalue weighted by molar-refractivity contribution is 1.32. The summed E-state index contributed by atoms with van der Waals surface area (Å²) in [7, 11) is 0. The van der Waals surface area contributed by atoms with Gasteiger partial charge < -0.3 is 0 Å².